The molecule has 39 heavy (non-hydrogen) atoms. The van der Waals surface area contributed by atoms with Gasteiger partial charge in [-0.3, -0.25) is 9.69 Å². The highest BCUT2D eigenvalue weighted by Crippen LogP contribution is 2.45. The summed E-state index contributed by atoms with van der Waals surface area (Å²) in [6.45, 7) is 1.06. The summed E-state index contributed by atoms with van der Waals surface area (Å²) in [5.74, 6) is -0.173. The Morgan fingerprint density at radius 1 is 0.846 bits per heavy atom. The molecule has 1 amide bonds. The van der Waals surface area contributed by atoms with Crippen LogP contribution in [0.5, 0.6) is 0 Å². The largest absolute Gasteiger partial charge is 0.448 e. The van der Waals surface area contributed by atoms with Gasteiger partial charge in [0, 0.05) is 37.2 Å². The first-order valence-electron chi connectivity index (χ1n) is 13.5. The van der Waals surface area contributed by atoms with Gasteiger partial charge in [0.1, 0.15) is 6.61 Å². The Hall–Kier alpha value is -3.52. The van der Waals surface area contributed by atoms with Gasteiger partial charge in [0.25, 0.3) is 0 Å². The molecule has 202 valence electrons. The van der Waals surface area contributed by atoms with Gasteiger partial charge in [0.15, 0.2) is 12.1 Å². The minimum atomic E-state index is -0.617. The minimum Gasteiger partial charge on any atom is -0.448 e. The topological polar surface area (TPSA) is 74.3 Å². The number of ether oxygens (including phenoxy) is 4. The predicted octanol–water partition coefficient (Wildman–Crippen LogP) is 5.59. The van der Waals surface area contributed by atoms with E-state index in [0.29, 0.717) is 37.2 Å². The number of Topliss-reactive ketones (excluding diaryl/α,β-unsaturated/α-hetero) is 1. The summed E-state index contributed by atoms with van der Waals surface area (Å²) in [5, 5.41) is 0. The van der Waals surface area contributed by atoms with Crippen LogP contribution in [0.2, 0.25) is 0 Å². The molecule has 2 saturated heterocycles. The molecule has 2 unspecified atom stereocenters. The Morgan fingerprint density at radius 2 is 1.41 bits per heavy atom. The van der Waals surface area contributed by atoms with Crippen LogP contribution in [0.15, 0.2) is 72.8 Å². The maximum Gasteiger partial charge on any atom is 0.410 e. The molecule has 0 N–H and O–H groups in total. The fraction of sp³-hybridized carbons (Fsp3) is 0.375. The monoisotopic (exact) mass is 527 g/mol. The van der Waals surface area contributed by atoms with Crippen molar-refractivity contribution in [1.29, 1.82) is 0 Å². The number of morpholine rings is 1. The summed E-state index contributed by atoms with van der Waals surface area (Å²) in [4.78, 5) is 29.0. The quantitative estimate of drug-likeness (QED) is 0.295. The fourth-order valence-corrected chi connectivity index (χ4v) is 6.59. The molecule has 0 radical (unpaired) electrons. The first kappa shape index (κ1) is 25.7. The number of rotatable bonds is 7. The Bertz CT molecular complexity index is 1310. The summed E-state index contributed by atoms with van der Waals surface area (Å²) in [7, 11) is 3.12. The number of nitrogens with zero attached hydrogens (tertiary/aromatic N) is 1. The molecule has 7 heteroatoms. The van der Waals surface area contributed by atoms with Crippen molar-refractivity contribution in [1.82, 2.24) is 4.90 Å². The lowest BCUT2D eigenvalue weighted by molar-refractivity contribution is -0.106. The summed E-state index contributed by atoms with van der Waals surface area (Å²) in [6, 6.07) is 23.6. The lowest BCUT2D eigenvalue weighted by Gasteiger charge is -2.47. The number of fused-ring (bicyclic) bond motifs is 5. The van der Waals surface area contributed by atoms with Crippen LogP contribution < -0.4 is 0 Å². The zero-order valence-corrected chi connectivity index (χ0v) is 22.2. The average molecular weight is 528 g/mol. The Morgan fingerprint density at radius 3 is 2.03 bits per heavy atom. The van der Waals surface area contributed by atoms with Gasteiger partial charge in [-0.15, -0.1) is 0 Å². The van der Waals surface area contributed by atoms with Crippen LogP contribution in [0, 0.1) is 5.92 Å². The van der Waals surface area contributed by atoms with Crippen molar-refractivity contribution in [3.8, 4) is 11.1 Å². The molecule has 3 aromatic rings. The van der Waals surface area contributed by atoms with Crippen molar-refractivity contribution in [2.24, 2.45) is 5.92 Å². The van der Waals surface area contributed by atoms with Crippen molar-refractivity contribution >= 4 is 11.9 Å². The van der Waals surface area contributed by atoms with Gasteiger partial charge in [0.2, 0.25) is 0 Å². The lowest BCUT2D eigenvalue weighted by Crippen LogP contribution is -2.60. The van der Waals surface area contributed by atoms with E-state index in [2.05, 4.69) is 24.3 Å². The Kier molecular flexibility index (Phi) is 7.21. The highest BCUT2D eigenvalue weighted by Gasteiger charge is 2.45. The third-order valence-corrected chi connectivity index (χ3v) is 8.35. The maximum atomic E-state index is 13.7. The van der Waals surface area contributed by atoms with E-state index in [1.807, 2.05) is 53.4 Å². The molecular weight excluding hydrogens is 494 g/mol. The number of amides is 1. The molecule has 0 saturated carbocycles. The summed E-state index contributed by atoms with van der Waals surface area (Å²) in [6.07, 6.45) is 0.103. The molecule has 6 rings (SSSR count). The van der Waals surface area contributed by atoms with Crippen molar-refractivity contribution in [3.63, 3.8) is 0 Å². The molecule has 2 fully saturated rings. The van der Waals surface area contributed by atoms with E-state index in [1.54, 1.807) is 14.2 Å². The van der Waals surface area contributed by atoms with Crippen molar-refractivity contribution in [2.45, 2.75) is 37.1 Å². The standard InChI is InChI=1S/C32H33NO6/c1-36-31(37-2)28-14-8-7-13-27(28)30(34)20-15-21-17-38-18-22(16-20)33(21)32(35)39-19-29-25-11-5-3-9-23(25)24-10-4-6-12-26(24)29/h3-14,20-22,29,31H,15-19H2,1-2H3. The van der Waals surface area contributed by atoms with E-state index in [0.717, 1.165) is 0 Å². The second-order valence-corrected chi connectivity index (χ2v) is 10.5. The zero-order chi connectivity index (χ0) is 26.9. The number of hydrogen-bond acceptors (Lipinski definition) is 6. The average Bonchev–Trinajstić information content (AvgIpc) is 3.29. The van der Waals surface area contributed by atoms with Crippen LogP contribution in [-0.2, 0) is 18.9 Å². The Balaban J connectivity index is 1.17. The number of ketones is 1. The van der Waals surface area contributed by atoms with Crippen molar-refractivity contribution in [3.05, 3.63) is 95.1 Å². The number of methoxy groups -OCH3 is 2. The molecule has 3 aliphatic rings. The van der Waals surface area contributed by atoms with Crippen LogP contribution in [0.25, 0.3) is 11.1 Å². The highest BCUT2D eigenvalue weighted by atomic mass is 16.7. The van der Waals surface area contributed by atoms with Gasteiger partial charge in [-0.05, 0) is 35.1 Å². The molecule has 0 spiro atoms. The van der Waals surface area contributed by atoms with Crippen LogP contribution >= 0.6 is 0 Å². The van der Waals surface area contributed by atoms with E-state index in [9.17, 15) is 9.59 Å². The SMILES string of the molecule is COC(OC)c1ccccc1C(=O)C1CC2COCC(C1)N2C(=O)OCC1c2ccccc2-c2ccccc21. The van der Waals surface area contributed by atoms with Crippen LogP contribution in [0.4, 0.5) is 4.79 Å². The van der Waals surface area contributed by atoms with E-state index in [4.69, 9.17) is 18.9 Å². The van der Waals surface area contributed by atoms with Crippen LogP contribution in [0.1, 0.15) is 52.1 Å². The highest BCUT2D eigenvalue weighted by molar-refractivity contribution is 5.99. The summed E-state index contributed by atoms with van der Waals surface area (Å²) < 4.78 is 22.7. The molecular formula is C32H33NO6. The molecule has 3 aromatic carbocycles. The second kappa shape index (κ2) is 10.9. The molecule has 2 heterocycles. The predicted molar refractivity (Wildman–Crippen MR) is 146 cm³/mol. The van der Waals surface area contributed by atoms with Gasteiger partial charge in [-0.2, -0.15) is 0 Å². The van der Waals surface area contributed by atoms with Crippen LogP contribution in [-0.4, -0.2) is 62.9 Å². The molecule has 2 bridgehead atoms. The third kappa shape index (κ3) is 4.65. The molecule has 2 aliphatic heterocycles. The van der Waals surface area contributed by atoms with E-state index < -0.39 is 6.29 Å². The third-order valence-electron chi connectivity index (χ3n) is 8.35. The molecule has 2 atom stereocenters. The molecule has 7 nitrogen and oxygen atoms in total. The number of piperidine rings is 1. The number of carbonyl (C=O) groups is 2. The van der Waals surface area contributed by atoms with E-state index in [-0.39, 0.29) is 42.4 Å². The number of carbonyl (C=O) groups excluding carboxylic acids is 2. The van der Waals surface area contributed by atoms with Gasteiger partial charge in [0.05, 0.1) is 25.3 Å². The van der Waals surface area contributed by atoms with Crippen molar-refractivity contribution in [2.75, 3.05) is 34.0 Å². The zero-order valence-electron chi connectivity index (χ0n) is 22.2. The van der Waals surface area contributed by atoms with Gasteiger partial charge in [-0.25, -0.2) is 4.79 Å². The van der Waals surface area contributed by atoms with Crippen LogP contribution in [0.3, 0.4) is 0 Å². The first-order valence-corrected chi connectivity index (χ1v) is 13.5. The normalized spacial score (nSPS) is 21.9. The fourth-order valence-electron chi connectivity index (χ4n) is 6.59. The second-order valence-electron chi connectivity index (χ2n) is 10.5. The van der Waals surface area contributed by atoms with Gasteiger partial charge < -0.3 is 18.9 Å². The minimum absolute atomic E-state index is 0.00238. The smallest absolute Gasteiger partial charge is 0.410 e. The Labute approximate surface area is 228 Å². The van der Waals surface area contributed by atoms with E-state index in [1.165, 1.54) is 22.3 Å². The van der Waals surface area contributed by atoms with Gasteiger partial charge in [-0.1, -0.05) is 72.8 Å². The van der Waals surface area contributed by atoms with Gasteiger partial charge >= 0.3 is 6.09 Å². The maximum absolute atomic E-state index is 13.7. The van der Waals surface area contributed by atoms with E-state index >= 15 is 0 Å². The number of benzene rings is 3. The molecule has 1 aliphatic carbocycles. The lowest BCUT2D eigenvalue weighted by atomic mass is 9.80. The first-order chi connectivity index (χ1) is 19.1. The summed E-state index contributed by atoms with van der Waals surface area (Å²) in [5.41, 5.74) is 6.08. The van der Waals surface area contributed by atoms with Crippen molar-refractivity contribution < 1.29 is 28.5 Å². The number of hydrogen-bond donors (Lipinski definition) is 0. The summed E-state index contributed by atoms with van der Waals surface area (Å²) >= 11 is 0. The molecule has 0 aromatic heterocycles.